The number of carbonyl (C=O) groups is 1. The van der Waals surface area contributed by atoms with E-state index in [0.717, 1.165) is 27.6 Å². The maximum Gasteiger partial charge on any atom is 0.226 e. The molecule has 4 aromatic rings. The molecule has 140 valence electrons. The zero-order valence-electron chi connectivity index (χ0n) is 15.3. The second-order valence-corrected chi connectivity index (χ2v) is 7.01. The van der Waals surface area contributed by atoms with Crippen molar-refractivity contribution in [3.8, 4) is 17.1 Å². The summed E-state index contributed by atoms with van der Waals surface area (Å²) in [5.74, 6) is 1.33. The number of nitrogens with zero attached hydrogens (tertiary/aromatic N) is 3. The van der Waals surface area contributed by atoms with Crippen LogP contribution in [0.15, 0.2) is 60.9 Å². The average Bonchev–Trinajstić information content (AvgIpc) is 3.20. The van der Waals surface area contributed by atoms with Crippen LogP contribution < -0.4 is 10.1 Å². The van der Waals surface area contributed by atoms with E-state index in [9.17, 15) is 4.79 Å². The number of aryl methyl sites for hydroxylation is 1. The smallest absolute Gasteiger partial charge is 0.226 e. The van der Waals surface area contributed by atoms with Gasteiger partial charge in [-0.15, -0.1) is 0 Å². The summed E-state index contributed by atoms with van der Waals surface area (Å²) in [6, 6.07) is 15.6. The van der Waals surface area contributed by atoms with Crippen LogP contribution in [0.2, 0.25) is 0 Å². The Labute approximate surface area is 166 Å². The summed E-state index contributed by atoms with van der Waals surface area (Å²) in [7, 11) is 1.63. The molecular formula is C21H18N4O2S. The summed E-state index contributed by atoms with van der Waals surface area (Å²) in [6.45, 7) is 0. The van der Waals surface area contributed by atoms with E-state index in [1.165, 1.54) is 11.5 Å². The first-order valence-electron chi connectivity index (χ1n) is 8.82. The Balaban J connectivity index is 1.38. The number of hydrogen-bond acceptors (Lipinski definition) is 6. The molecule has 1 amide bonds. The lowest BCUT2D eigenvalue weighted by molar-refractivity contribution is -0.116. The summed E-state index contributed by atoms with van der Waals surface area (Å²) in [6.07, 6.45) is 4.61. The number of hydrogen-bond donors (Lipinski definition) is 1. The molecule has 0 aliphatic carbocycles. The largest absolute Gasteiger partial charge is 0.497 e. The molecule has 0 saturated carbocycles. The molecule has 4 rings (SSSR count). The highest BCUT2D eigenvalue weighted by Crippen LogP contribution is 2.25. The Morgan fingerprint density at radius 2 is 1.96 bits per heavy atom. The summed E-state index contributed by atoms with van der Waals surface area (Å²) in [4.78, 5) is 20.8. The first kappa shape index (κ1) is 18.1. The maximum atomic E-state index is 12.2. The van der Waals surface area contributed by atoms with E-state index in [2.05, 4.69) is 19.7 Å². The van der Waals surface area contributed by atoms with Crippen LogP contribution in [0, 0.1) is 0 Å². The van der Waals surface area contributed by atoms with Crippen molar-refractivity contribution in [3.63, 3.8) is 0 Å². The van der Waals surface area contributed by atoms with E-state index < -0.39 is 0 Å². The van der Waals surface area contributed by atoms with Crippen molar-refractivity contribution in [3.05, 3.63) is 66.5 Å². The standard InChI is InChI=1S/C21H18N4O2S/c1-27-18-7-2-14(3-8-18)4-9-19(26)23-21-24-20(25-28-21)16-5-6-17-13-22-11-10-15(17)12-16/h2-3,5-8,10-13H,4,9H2,1H3,(H,23,24,25,26). The minimum Gasteiger partial charge on any atom is -0.497 e. The predicted molar refractivity (Wildman–Crippen MR) is 111 cm³/mol. The van der Waals surface area contributed by atoms with Gasteiger partial charge in [0, 0.05) is 41.3 Å². The van der Waals surface area contributed by atoms with E-state index in [1.807, 2.05) is 54.7 Å². The molecule has 2 aromatic heterocycles. The van der Waals surface area contributed by atoms with Crippen LogP contribution in [-0.4, -0.2) is 27.4 Å². The molecule has 2 aromatic carbocycles. The van der Waals surface area contributed by atoms with Gasteiger partial charge in [-0.25, -0.2) is 0 Å². The summed E-state index contributed by atoms with van der Waals surface area (Å²) >= 11 is 1.18. The van der Waals surface area contributed by atoms with Crippen LogP contribution >= 0.6 is 11.5 Å². The average molecular weight is 390 g/mol. The fourth-order valence-corrected chi connectivity index (χ4v) is 3.45. The fourth-order valence-electron chi connectivity index (χ4n) is 2.85. The topological polar surface area (TPSA) is 77.0 Å². The highest BCUT2D eigenvalue weighted by molar-refractivity contribution is 7.10. The Kier molecular flexibility index (Phi) is 5.25. The SMILES string of the molecule is COc1ccc(CCC(=O)Nc2nc(-c3ccc4cnccc4c3)ns2)cc1. The number of rotatable bonds is 6. The van der Waals surface area contributed by atoms with Crippen LogP contribution in [0.1, 0.15) is 12.0 Å². The second-order valence-electron chi connectivity index (χ2n) is 6.26. The van der Waals surface area contributed by atoms with E-state index in [4.69, 9.17) is 4.74 Å². The van der Waals surface area contributed by atoms with E-state index in [1.54, 1.807) is 13.3 Å². The van der Waals surface area contributed by atoms with Gasteiger partial charge >= 0.3 is 0 Å². The number of anilines is 1. The molecule has 1 N–H and O–H groups in total. The third-order valence-electron chi connectivity index (χ3n) is 4.37. The molecule has 0 atom stereocenters. The van der Waals surface area contributed by atoms with Gasteiger partial charge in [0.1, 0.15) is 5.75 Å². The predicted octanol–water partition coefficient (Wildman–Crippen LogP) is 4.33. The van der Waals surface area contributed by atoms with Crippen molar-refractivity contribution in [2.45, 2.75) is 12.8 Å². The Morgan fingerprint density at radius 1 is 1.11 bits per heavy atom. The number of aromatic nitrogens is 3. The molecule has 0 fully saturated rings. The van der Waals surface area contributed by atoms with Gasteiger partial charge in [-0.1, -0.05) is 24.3 Å². The molecule has 0 bridgehead atoms. The Hall–Kier alpha value is -3.32. The Bertz CT molecular complexity index is 1110. The summed E-state index contributed by atoms with van der Waals surface area (Å²) in [5.41, 5.74) is 1.99. The van der Waals surface area contributed by atoms with Crippen LogP contribution in [-0.2, 0) is 11.2 Å². The lowest BCUT2D eigenvalue weighted by Crippen LogP contribution is -2.12. The lowest BCUT2D eigenvalue weighted by atomic mass is 10.1. The van der Waals surface area contributed by atoms with Gasteiger partial charge in [0.15, 0.2) is 5.82 Å². The van der Waals surface area contributed by atoms with Gasteiger partial charge in [0.25, 0.3) is 0 Å². The lowest BCUT2D eigenvalue weighted by Gasteiger charge is -2.03. The normalized spacial score (nSPS) is 10.8. The van der Waals surface area contributed by atoms with Crippen LogP contribution in [0.3, 0.4) is 0 Å². The zero-order chi connectivity index (χ0) is 19.3. The maximum absolute atomic E-state index is 12.2. The Morgan fingerprint density at radius 3 is 2.79 bits per heavy atom. The van der Waals surface area contributed by atoms with Gasteiger partial charge in [-0.2, -0.15) is 9.36 Å². The van der Waals surface area contributed by atoms with Crippen LogP contribution in [0.5, 0.6) is 5.75 Å². The molecule has 2 heterocycles. The monoisotopic (exact) mass is 390 g/mol. The zero-order valence-corrected chi connectivity index (χ0v) is 16.1. The number of fused-ring (bicyclic) bond motifs is 1. The van der Waals surface area contributed by atoms with E-state index in [0.29, 0.717) is 23.8 Å². The van der Waals surface area contributed by atoms with Gasteiger partial charge in [0.2, 0.25) is 11.0 Å². The molecule has 0 aliphatic heterocycles. The number of carbonyl (C=O) groups excluding carboxylic acids is 1. The highest BCUT2D eigenvalue weighted by atomic mass is 32.1. The molecule has 0 spiro atoms. The molecule has 0 aliphatic rings. The molecule has 7 heteroatoms. The third-order valence-corrected chi connectivity index (χ3v) is 5.00. The van der Waals surface area contributed by atoms with E-state index in [-0.39, 0.29) is 5.91 Å². The number of benzene rings is 2. The molecule has 0 radical (unpaired) electrons. The van der Waals surface area contributed by atoms with Gasteiger partial charge in [0.05, 0.1) is 7.11 Å². The number of amides is 1. The number of methoxy groups -OCH3 is 1. The third kappa shape index (κ3) is 4.15. The first-order valence-corrected chi connectivity index (χ1v) is 9.59. The minimum atomic E-state index is -0.0805. The number of pyridine rings is 1. The van der Waals surface area contributed by atoms with Gasteiger partial charge in [-0.05, 0) is 41.6 Å². The van der Waals surface area contributed by atoms with Crippen molar-refractivity contribution in [2.24, 2.45) is 0 Å². The second kappa shape index (κ2) is 8.14. The highest BCUT2D eigenvalue weighted by Gasteiger charge is 2.10. The molecular weight excluding hydrogens is 372 g/mol. The van der Waals surface area contributed by atoms with Crippen molar-refractivity contribution < 1.29 is 9.53 Å². The molecule has 28 heavy (non-hydrogen) atoms. The van der Waals surface area contributed by atoms with Gasteiger partial charge < -0.3 is 10.1 Å². The summed E-state index contributed by atoms with van der Waals surface area (Å²) < 4.78 is 9.51. The van der Waals surface area contributed by atoms with Crippen molar-refractivity contribution >= 4 is 33.3 Å². The number of ether oxygens (including phenoxy) is 1. The van der Waals surface area contributed by atoms with Crippen LogP contribution in [0.25, 0.3) is 22.2 Å². The van der Waals surface area contributed by atoms with Crippen molar-refractivity contribution in [1.82, 2.24) is 14.3 Å². The summed E-state index contributed by atoms with van der Waals surface area (Å²) in [5, 5.41) is 5.48. The van der Waals surface area contributed by atoms with Gasteiger partial charge in [-0.3, -0.25) is 9.78 Å². The molecule has 0 saturated heterocycles. The quantitative estimate of drug-likeness (QED) is 0.530. The number of nitrogens with one attached hydrogen (secondary N) is 1. The molecule has 6 nitrogen and oxygen atoms in total. The fraction of sp³-hybridized carbons (Fsp3) is 0.143. The molecule has 0 unspecified atom stereocenters. The van der Waals surface area contributed by atoms with E-state index >= 15 is 0 Å². The van der Waals surface area contributed by atoms with Crippen molar-refractivity contribution in [2.75, 3.05) is 12.4 Å². The van der Waals surface area contributed by atoms with Crippen LogP contribution in [0.4, 0.5) is 5.13 Å². The first-order chi connectivity index (χ1) is 13.7. The minimum absolute atomic E-state index is 0.0805. The van der Waals surface area contributed by atoms with Crippen molar-refractivity contribution in [1.29, 1.82) is 0 Å².